The van der Waals surface area contributed by atoms with E-state index in [1.165, 1.54) is 0 Å². The summed E-state index contributed by atoms with van der Waals surface area (Å²) in [7, 11) is 0. The first-order valence-electron chi connectivity index (χ1n) is 8.00. The number of amides is 1. The van der Waals surface area contributed by atoms with Gasteiger partial charge in [-0.25, -0.2) is 4.79 Å². The van der Waals surface area contributed by atoms with Gasteiger partial charge in [-0.2, -0.15) is 0 Å². The van der Waals surface area contributed by atoms with Gasteiger partial charge in [0.15, 0.2) is 5.71 Å². The molecule has 5 nitrogen and oxygen atoms in total. The Morgan fingerprint density at radius 3 is 1.77 bits per heavy atom. The molecule has 26 heavy (non-hydrogen) atoms. The summed E-state index contributed by atoms with van der Waals surface area (Å²) >= 11 is 0. The Balaban J connectivity index is 1.82. The molecule has 0 unspecified atom stereocenters. The van der Waals surface area contributed by atoms with E-state index in [-0.39, 0.29) is 11.5 Å². The van der Waals surface area contributed by atoms with Crippen molar-refractivity contribution in [3.63, 3.8) is 0 Å². The van der Waals surface area contributed by atoms with E-state index in [9.17, 15) is 9.59 Å². The highest BCUT2D eigenvalue weighted by atomic mass is 16.7. The fourth-order valence-corrected chi connectivity index (χ4v) is 2.30. The van der Waals surface area contributed by atoms with E-state index in [2.05, 4.69) is 10.5 Å². The second kappa shape index (κ2) is 8.39. The molecule has 0 saturated heterocycles. The minimum atomic E-state index is -0.773. The van der Waals surface area contributed by atoms with Crippen LogP contribution >= 0.6 is 0 Å². The third kappa shape index (κ3) is 4.42. The molecule has 0 bridgehead atoms. The van der Waals surface area contributed by atoms with E-state index < -0.39 is 6.09 Å². The van der Waals surface area contributed by atoms with E-state index in [1.54, 1.807) is 72.8 Å². The van der Waals surface area contributed by atoms with Crippen LogP contribution in [0.15, 0.2) is 96.2 Å². The number of benzene rings is 3. The number of nitrogens with zero attached hydrogens (tertiary/aromatic N) is 1. The Kier molecular flexibility index (Phi) is 5.52. The fraction of sp³-hybridized carbons (Fsp3) is 0. The summed E-state index contributed by atoms with van der Waals surface area (Å²) in [6.07, 6.45) is -0.773. The van der Waals surface area contributed by atoms with E-state index in [0.29, 0.717) is 16.8 Å². The molecule has 3 rings (SSSR count). The number of ketones is 1. The number of hydrogen-bond acceptors (Lipinski definition) is 4. The molecule has 0 fully saturated rings. The third-order valence-electron chi connectivity index (χ3n) is 3.54. The highest BCUT2D eigenvalue weighted by Crippen LogP contribution is 2.10. The molecule has 0 aliphatic heterocycles. The average molecular weight is 344 g/mol. The predicted molar refractivity (Wildman–Crippen MR) is 100 cm³/mol. The Bertz CT molecular complexity index is 908. The van der Waals surface area contributed by atoms with E-state index >= 15 is 0 Å². The Morgan fingerprint density at radius 1 is 0.692 bits per heavy atom. The first-order chi connectivity index (χ1) is 12.7. The van der Waals surface area contributed by atoms with E-state index in [0.717, 1.165) is 0 Å². The molecule has 1 N–H and O–H groups in total. The van der Waals surface area contributed by atoms with Gasteiger partial charge < -0.3 is 0 Å². The minimum absolute atomic E-state index is 0.0556. The molecule has 0 saturated carbocycles. The molecule has 0 aliphatic rings. The van der Waals surface area contributed by atoms with Crippen LogP contribution in [0.5, 0.6) is 0 Å². The summed E-state index contributed by atoms with van der Waals surface area (Å²) in [5, 5.41) is 6.37. The summed E-state index contributed by atoms with van der Waals surface area (Å²) in [6, 6.07) is 26.4. The van der Waals surface area contributed by atoms with Crippen LogP contribution in [0.1, 0.15) is 15.9 Å². The molecule has 128 valence electrons. The molecule has 0 heterocycles. The van der Waals surface area contributed by atoms with Crippen LogP contribution in [0.2, 0.25) is 0 Å². The molecule has 3 aromatic carbocycles. The normalized spacial score (nSPS) is 10.8. The van der Waals surface area contributed by atoms with Crippen molar-refractivity contribution < 1.29 is 14.4 Å². The topological polar surface area (TPSA) is 67.8 Å². The number of carbonyl (C=O) groups excluding carboxylic acids is 2. The molecule has 0 radical (unpaired) electrons. The van der Waals surface area contributed by atoms with E-state index in [4.69, 9.17) is 4.84 Å². The second-order valence-electron chi connectivity index (χ2n) is 5.37. The van der Waals surface area contributed by atoms with Gasteiger partial charge in [0, 0.05) is 16.8 Å². The summed E-state index contributed by atoms with van der Waals surface area (Å²) < 4.78 is 0. The second-order valence-corrected chi connectivity index (χ2v) is 5.37. The van der Waals surface area contributed by atoms with Gasteiger partial charge in [-0.1, -0.05) is 84.0 Å². The Labute approximate surface area is 150 Å². The van der Waals surface area contributed by atoms with Gasteiger partial charge in [-0.15, -0.1) is 0 Å². The van der Waals surface area contributed by atoms with Gasteiger partial charge in [0.2, 0.25) is 5.78 Å². The highest BCUT2D eigenvalue weighted by Gasteiger charge is 2.18. The predicted octanol–water partition coefficient (Wildman–Crippen LogP) is 4.52. The fourth-order valence-electron chi connectivity index (χ4n) is 2.30. The van der Waals surface area contributed by atoms with Crippen molar-refractivity contribution in [3.05, 3.63) is 102 Å². The van der Waals surface area contributed by atoms with Crippen LogP contribution in [0.4, 0.5) is 10.5 Å². The first kappa shape index (κ1) is 17.1. The summed E-state index contributed by atoms with van der Waals surface area (Å²) in [5.41, 5.74) is 1.65. The smallest absolute Gasteiger partial charge is 0.297 e. The standard InChI is InChI=1S/C21H16N2O3/c24-20(17-12-6-2-7-13-17)19(16-10-4-1-5-11-16)23-26-21(25)22-18-14-8-3-9-15-18/h1-15H,(H,22,25)/b23-19+. The van der Waals surface area contributed by atoms with Crippen LogP contribution in [-0.2, 0) is 4.84 Å². The molecule has 0 aromatic heterocycles. The molecule has 0 atom stereocenters. The van der Waals surface area contributed by atoms with Gasteiger partial charge in [-0.3, -0.25) is 14.9 Å². The number of nitrogens with one attached hydrogen (secondary N) is 1. The lowest BCUT2D eigenvalue weighted by Gasteiger charge is -2.07. The zero-order valence-electron chi connectivity index (χ0n) is 13.8. The van der Waals surface area contributed by atoms with Crippen LogP contribution in [0.25, 0.3) is 0 Å². The molecule has 3 aromatic rings. The maximum Gasteiger partial charge on any atom is 0.437 e. The number of Topliss-reactive ketones (excluding diaryl/α,β-unsaturated/α-hetero) is 1. The lowest BCUT2D eigenvalue weighted by atomic mass is 10.0. The summed E-state index contributed by atoms with van der Waals surface area (Å²) in [4.78, 5) is 29.7. The Morgan fingerprint density at radius 2 is 1.19 bits per heavy atom. The quantitative estimate of drug-likeness (QED) is 0.320. The number of rotatable bonds is 5. The minimum Gasteiger partial charge on any atom is -0.297 e. The van der Waals surface area contributed by atoms with Crippen LogP contribution in [0, 0.1) is 0 Å². The van der Waals surface area contributed by atoms with Gasteiger partial charge in [0.25, 0.3) is 0 Å². The summed E-state index contributed by atoms with van der Waals surface area (Å²) in [6.45, 7) is 0. The van der Waals surface area contributed by atoms with Crippen molar-refractivity contribution in [2.24, 2.45) is 5.16 Å². The van der Waals surface area contributed by atoms with Gasteiger partial charge in [0.1, 0.15) is 0 Å². The number of oxime groups is 1. The lowest BCUT2D eigenvalue weighted by molar-refractivity contribution is 0.106. The van der Waals surface area contributed by atoms with E-state index in [1.807, 2.05) is 18.2 Å². The Hall–Kier alpha value is -3.73. The summed E-state index contributed by atoms with van der Waals surface area (Å²) in [5.74, 6) is -0.329. The van der Waals surface area contributed by atoms with Crippen molar-refractivity contribution in [2.75, 3.05) is 5.32 Å². The average Bonchev–Trinajstić information content (AvgIpc) is 2.70. The van der Waals surface area contributed by atoms with Crippen molar-refractivity contribution in [1.82, 2.24) is 0 Å². The van der Waals surface area contributed by atoms with Crippen molar-refractivity contribution >= 4 is 23.3 Å². The maximum atomic E-state index is 12.8. The van der Waals surface area contributed by atoms with Crippen LogP contribution < -0.4 is 5.32 Å². The zero-order valence-corrected chi connectivity index (χ0v) is 13.8. The third-order valence-corrected chi connectivity index (χ3v) is 3.54. The van der Waals surface area contributed by atoms with Crippen LogP contribution in [0.3, 0.4) is 0 Å². The van der Waals surface area contributed by atoms with Gasteiger partial charge in [0.05, 0.1) is 0 Å². The molecule has 0 spiro atoms. The maximum absolute atomic E-state index is 12.8. The molecular weight excluding hydrogens is 328 g/mol. The molecule has 5 heteroatoms. The zero-order chi connectivity index (χ0) is 18.2. The molecule has 1 amide bonds. The molecular formula is C21H16N2O3. The molecule has 0 aliphatic carbocycles. The number of hydrogen-bond donors (Lipinski definition) is 1. The first-order valence-corrected chi connectivity index (χ1v) is 8.00. The van der Waals surface area contributed by atoms with Gasteiger partial charge in [-0.05, 0) is 12.1 Å². The lowest BCUT2D eigenvalue weighted by Crippen LogP contribution is -2.19. The van der Waals surface area contributed by atoms with Gasteiger partial charge >= 0.3 is 6.09 Å². The van der Waals surface area contributed by atoms with Crippen molar-refractivity contribution in [1.29, 1.82) is 0 Å². The van der Waals surface area contributed by atoms with Crippen molar-refractivity contribution in [3.8, 4) is 0 Å². The largest absolute Gasteiger partial charge is 0.437 e. The SMILES string of the molecule is O=C(Nc1ccccc1)O/N=C(/C(=O)c1ccccc1)c1ccccc1. The van der Waals surface area contributed by atoms with Crippen molar-refractivity contribution in [2.45, 2.75) is 0 Å². The van der Waals surface area contributed by atoms with Crippen LogP contribution in [-0.4, -0.2) is 17.6 Å². The number of carbonyl (C=O) groups is 2. The number of anilines is 1. The number of para-hydroxylation sites is 1. The highest BCUT2D eigenvalue weighted by molar-refractivity contribution is 6.51. The monoisotopic (exact) mass is 344 g/mol.